The first-order chi connectivity index (χ1) is 13.3. The lowest BCUT2D eigenvalue weighted by Gasteiger charge is -2.13. The van der Waals surface area contributed by atoms with Crippen LogP contribution in [0.5, 0.6) is 0 Å². The Balaban J connectivity index is 1.67. The molecule has 0 aliphatic carbocycles. The molecule has 6 nitrogen and oxygen atoms in total. The Labute approximate surface area is 169 Å². The number of hydrogen-bond acceptors (Lipinski definition) is 4. The Bertz CT molecular complexity index is 947. The number of carbonyl (C=O) groups excluding carboxylic acids is 1. The summed E-state index contributed by atoms with van der Waals surface area (Å²) in [6.07, 6.45) is 3.55. The van der Waals surface area contributed by atoms with Gasteiger partial charge in [0, 0.05) is 47.3 Å². The molecule has 0 spiro atoms. The van der Waals surface area contributed by atoms with Crippen molar-refractivity contribution < 1.29 is 4.79 Å². The molecule has 7 heteroatoms. The second-order valence-electron chi connectivity index (χ2n) is 7.50. The zero-order valence-corrected chi connectivity index (χ0v) is 17.4. The van der Waals surface area contributed by atoms with Gasteiger partial charge in [0.05, 0.1) is 5.69 Å². The Kier molecular flexibility index (Phi) is 6.04. The lowest BCUT2D eigenvalue weighted by atomic mass is 9.92. The summed E-state index contributed by atoms with van der Waals surface area (Å²) >= 11 is 1.70. The Morgan fingerprint density at radius 3 is 2.50 bits per heavy atom. The third kappa shape index (κ3) is 5.13. The van der Waals surface area contributed by atoms with Crippen LogP contribution >= 0.6 is 11.8 Å². The topological polar surface area (TPSA) is 71.8 Å². The molecule has 0 unspecified atom stereocenters. The predicted octanol–water partition coefficient (Wildman–Crippen LogP) is 5.05. The average molecular weight is 396 g/mol. The summed E-state index contributed by atoms with van der Waals surface area (Å²) in [4.78, 5) is 17.7. The van der Waals surface area contributed by atoms with E-state index in [9.17, 15) is 4.79 Å². The number of urea groups is 1. The van der Waals surface area contributed by atoms with Crippen LogP contribution in [-0.4, -0.2) is 20.8 Å². The highest BCUT2D eigenvalue weighted by molar-refractivity contribution is 7.98. The highest BCUT2D eigenvalue weighted by Crippen LogP contribution is 2.27. The van der Waals surface area contributed by atoms with Crippen molar-refractivity contribution in [3.05, 3.63) is 66.1 Å². The summed E-state index contributed by atoms with van der Waals surface area (Å²) in [6, 6.07) is 13.4. The van der Waals surface area contributed by atoms with Gasteiger partial charge in [-0.25, -0.2) is 4.79 Å². The fraction of sp³-hybridized carbons (Fsp3) is 0.286. The van der Waals surface area contributed by atoms with Crippen LogP contribution in [0.3, 0.4) is 0 Å². The first kappa shape index (κ1) is 19.9. The molecule has 0 saturated carbocycles. The van der Waals surface area contributed by atoms with Crippen molar-refractivity contribution in [1.29, 1.82) is 0 Å². The molecular weight excluding hydrogens is 370 g/mol. The van der Waals surface area contributed by atoms with Gasteiger partial charge in [0.15, 0.2) is 0 Å². The molecule has 1 aromatic carbocycles. The maximum Gasteiger partial charge on any atom is 0.324 e. The van der Waals surface area contributed by atoms with E-state index >= 15 is 0 Å². The van der Waals surface area contributed by atoms with Crippen LogP contribution in [0.4, 0.5) is 16.3 Å². The van der Waals surface area contributed by atoms with Gasteiger partial charge in [-0.3, -0.25) is 15.0 Å². The molecule has 0 radical (unpaired) electrons. The van der Waals surface area contributed by atoms with E-state index in [1.165, 1.54) is 0 Å². The molecule has 0 saturated heterocycles. The van der Waals surface area contributed by atoms with Crippen molar-refractivity contribution in [3.8, 4) is 0 Å². The van der Waals surface area contributed by atoms with Gasteiger partial charge >= 0.3 is 6.03 Å². The first-order valence-corrected chi connectivity index (χ1v) is 10.0. The second kappa shape index (κ2) is 8.48. The van der Waals surface area contributed by atoms with Crippen molar-refractivity contribution in [2.24, 2.45) is 7.05 Å². The van der Waals surface area contributed by atoms with Crippen molar-refractivity contribution >= 4 is 29.3 Å². The van der Waals surface area contributed by atoms with Gasteiger partial charge in [-0.15, -0.1) is 11.8 Å². The van der Waals surface area contributed by atoms with E-state index in [1.54, 1.807) is 28.8 Å². The fourth-order valence-electron chi connectivity index (χ4n) is 2.58. The number of anilines is 2. The number of carbonyl (C=O) groups is 1. The minimum absolute atomic E-state index is 0.0784. The van der Waals surface area contributed by atoms with Gasteiger partial charge in [0.25, 0.3) is 0 Å². The van der Waals surface area contributed by atoms with E-state index in [1.807, 2.05) is 49.5 Å². The fourth-order valence-corrected chi connectivity index (χ4v) is 3.47. The molecule has 0 fully saturated rings. The monoisotopic (exact) mass is 395 g/mol. The smallest absolute Gasteiger partial charge is 0.307 e. The number of amides is 2. The van der Waals surface area contributed by atoms with Crippen LogP contribution in [0.1, 0.15) is 32.0 Å². The molecule has 2 heterocycles. The lowest BCUT2D eigenvalue weighted by molar-refractivity contribution is 0.262. The van der Waals surface area contributed by atoms with Crippen LogP contribution < -0.4 is 10.6 Å². The highest BCUT2D eigenvalue weighted by Gasteiger charge is 2.19. The molecule has 3 aromatic rings. The number of benzene rings is 1. The summed E-state index contributed by atoms with van der Waals surface area (Å²) in [5, 5.41) is 10.3. The van der Waals surface area contributed by atoms with E-state index in [-0.39, 0.29) is 11.4 Å². The second-order valence-corrected chi connectivity index (χ2v) is 8.55. The maximum atomic E-state index is 12.5. The maximum absolute atomic E-state index is 12.5. The van der Waals surface area contributed by atoms with Crippen molar-refractivity contribution in [1.82, 2.24) is 14.8 Å². The number of pyridine rings is 1. The first-order valence-electron chi connectivity index (χ1n) is 9.06. The summed E-state index contributed by atoms with van der Waals surface area (Å²) in [7, 11) is 1.82. The minimum Gasteiger partial charge on any atom is -0.307 e. The molecule has 28 heavy (non-hydrogen) atoms. The van der Waals surface area contributed by atoms with Gasteiger partial charge < -0.3 is 5.32 Å². The SMILES string of the molecule is Cn1nc(C(C)(C)C)cc1NC(=O)Nc1ccccc1CSc1ccncc1. The number of hydrogen-bond donors (Lipinski definition) is 2. The molecule has 146 valence electrons. The molecule has 0 bridgehead atoms. The third-order valence-electron chi connectivity index (χ3n) is 4.20. The zero-order valence-electron chi connectivity index (χ0n) is 16.6. The average Bonchev–Trinajstić information content (AvgIpc) is 3.03. The number of aryl methyl sites for hydroxylation is 1. The van der Waals surface area contributed by atoms with Gasteiger partial charge in [-0.2, -0.15) is 5.10 Å². The van der Waals surface area contributed by atoms with Crippen LogP contribution in [0, 0.1) is 0 Å². The van der Waals surface area contributed by atoms with Crippen molar-refractivity contribution in [3.63, 3.8) is 0 Å². The van der Waals surface area contributed by atoms with Crippen LogP contribution in [-0.2, 0) is 18.2 Å². The predicted molar refractivity (Wildman–Crippen MR) is 115 cm³/mol. The van der Waals surface area contributed by atoms with Gasteiger partial charge in [0.2, 0.25) is 0 Å². The molecular formula is C21H25N5OS. The number of nitrogens with one attached hydrogen (secondary N) is 2. The molecule has 0 aliphatic heterocycles. The highest BCUT2D eigenvalue weighted by atomic mass is 32.2. The van der Waals surface area contributed by atoms with Crippen LogP contribution in [0.15, 0.2) is 59.8 Å². The normalized spacial score (nSPS) is 11.3. The zero-order chi connectivity index (χ0) is 20.1. The summed E-state index contributed by atoms with van der Waals surface area (Å²) in [6.45, 7) is 6.28. The third-order valence-corrected chi connectivity index (χ3v) is 5.26. The van der Waals surface area contributed by atoms with E-state index in [2.05, 4.69) is 41.5 Å². The number of aromatic nitrogens is 3. The standard InChI is InChI=1S/C21H25N5OS/c1-21(2,3)18-13-19(26(4)25-18)24-20(27)23-17-8-6-5-7-15(17)14-28-16-9-11-22-12-10-16/h5-13H,14H2,1-4H3,(H2,23,24,27). The van der Waals surface area contributed by atoms with Gasteiger partial charge in [0.1, 0.15) is 5.82 Å². The Morgan fingerprint density at radius 2 is 1.82 bits per heavy atom. The Morgan fingerprint density at radius 1 is 1.11 bits per heavy atom. The molecule has 2 aromatic heterocycles. The van der Waals surface area contributed by atoms with Gasteiger partial charge in [-0.05, 0) is 23.8 Å². The van der Waals surface area contributed by atoms with Crippen molar-refractivity contribution in [2.75, 3.05) is 10.6 Å². The summed E-state index contributed by atoms with van der Waals surface area (Å²) < 4.78 is 1.69. The van der Waals surface area contributed by atoms with E-state index in [4.69, 9.17) is 0 Å². The van der Waals surface area contributed by atoms with Crippen LogP contribution in [0.2, 0.25) is 0 Å². The summed E-state index contributed by atoms with van der Waals surface area (Å²) in [5.74, 6) is 1.41. The quantitative estimate of drug-likeness (QED) is 0.593. The van der Waals surface area contributed by atoms with E-state index < -0.39 is 0 Å². The van der Waals surface area contributed by atoms with Gasteiger partial charge in [-0.1, -0.05) is 39.0 Å². The molecule has 0 aliphatic rings. The molecule has 2 amide bonds. The summed E-state index contributed by atoms with van der Waals surface area (Å²) in [5.41, 5.74) is 2.70. The lowest BCUT2D eigenvalue weighted by Crippen LogP contribution is -2.21. The number of rotatable bonds is 5. The molecule has 3 rings (SSSR count). The molecule has 0 atom stereocenters. The molecule has 2 N–H and O–H groups in total. The van der Waals surface area contributed by atoms with Crippen molar-refractivity contribution in [2.45, 2.75) is 36.8 Å². The van der Waals surface area contributed by atoms with E-state index in [0.717, 1.165) is 27.6 Å². The largest absolute Gasteiger partial charge is 0.324 e. The Hall–Kier alpha value is -2.80. The number of nitrogens with zero attached hydrogens (tertiary/aromatic N) is 3. The van der Waals surface area contributed by atoms with Crippen LogP contribution in [0.25, 0.3) is 0 Å². The number of para-hydroxylation sites is 1. The van der Waals surface area contributed by atoms with E-state index in [0.29, 0.717) is 5.82 Å². The number of thioether (sulfide) groups is 1. The minimum atomic E-state index is -0.287.